The van der Waals surface area contributed by atoms with Crippen LogP contribution in [0.5, 0.6) is 5.75 Å². The van der Waals surface area contributed by atoms with Crippen LogP contribution in [-0.2, 0) is 0 Å². The maximum Gasteiger partial charge on any atom is 0.208 e. The number of benzene rings is 1. The average Bonchev–Trinajstić information content (AvgIpc) is 2.81. The Balaban J connectivity index is 1.80. The molecule has 92 valence electrons. The molecule has 2 rings (SSSR count). The molecule has 0 aliphatic heterocycles. The summed E-state index contributed by atoms with van der Waals surface area (Å²) in [5.41, 5.74) is 0.552. The van der Waals surface area contributed by atoms with Crippen LogP contribution >= 0.6 is 11.8 Å². The van der Waals surface area contributed by atoms with Crippen molar-refractivity contribution in [2.45, 2.75) is 12.1 Å². The van der Waals surface area contributed by atoms with Crippen LogP contribution in [0.3, 0.4) is 0 Å². The Hall–Kier alpha value is -2.00. The number of H-pyrrole nitrogens is 1. The van der Waals surface area contributed by atoms with E-state index in [1.54, 1.807) is 12.1 Å². The van der Waals surface area contributed by atoms with Crippen LogP contribution in [0.2, 0.25) is 0 Å². The third kappa shape index (κ3) is 3.25. The highest BCUT2D eigenvalue weighted by molar-refractivity contribution is 7.99. The van der Waals surface area contributed by atoms with Gasteiger partial charge in [0, 0.05) is 5.75 Å². The minimum Gasteiger partial charge on any atom is -0.491 e. The van der Waals surface area contributed by atoms with Gasteiger partial charge in [0.1, 0.15) is 17.6 Å². The molecule has 0 aliphatic carbocycles. The topological polar surface area (TPSA) is 74.6 Å². The largest absolute Gasteiger partial charge is 0.491 e. The molecule has 0 bridgehead atoms. The van der Waals surface area contributed by atoms with E-state index in [-0.39, 0.29) is 0 Å². The fourth-order valence-electron chi connectivity index (χ4n) is 1.36. The Morgan fingerprint density at radius 2 is 2.28 bits per heavy atom. The highest BCUT2D eigenvalue weighted by Crippen LogP contribution is 2.18. The molecule has 0 fully saturated rings. The molecule has 1 aromatic carbocycles. The van der Waals surface area contributed by atoms with Gasteiger partial charge in [-0.25, -0.2) is 4.98 Å². The van der Waals surface area contributed by atoms with Gasteiger partial charge in [0.15, 0.2) is 0 Å². The van der Waals surface area contributed by atoms with Crippen LogP contribution in [0.15, 0.2) is 29.4 Å². The Labute approximate surface area is 109 Å². The lowest BCUT2D eigenvalue weighted by atomic mass is 10.2. The number of para-hydroxylation sites is 1. The lowest BCUT2D eigenvalue weighted by Gasteiger charge is -2.06. The summed E-state index contributed by atoms with van der Waals surface area (Å²) in [6, 6.07) is 9.29. The summed E-state index contributed by atoms with van der Waals surface area (Å²) >= 11 is 1.51. The molecule has 0 unspecified atom stereocenters. The lowest BCUT2D eigenvalue weighted by Crippen LogP contribution is -2.01. The summed E-state index contributed by atoms with van der Waals surface area (Å²) in [6.45, 7) is 2.37. The summed E-state index contributed by atoms with van der Waals surface area (Å²) in [5.74, 6) is 2.15. The second kappa shape index (κ2) is 6.07. The predicted octanol–water partition coefficient (Wildman–Crippen LogP) is 2.16. The summed E-state index contributed by atoms with van der Waals surface area (Å²) in [6.07, 6.45) is 0. The fourth-order valence-corrected chi connectivity index (χ4v) is 2.02. The number of nitrogens with zero attached hydrogens (tertiary/aromatic N) is 3. The van der Waals surface area contributed by atoms with Crippen molar-refractivity contribution < 1.29 is 4.74 Å². The van der Waals surface area contributed by atoms with E-state index in [1.807, 2.05) is 19.1 Å². The molecule has 1 N–H and O–H groups in total. The third-order valence-corrected chi connectivity index (χ3v) is 2.97. The van der Waals surface area contributed by atoms with Gasteiger partial charge >= 0.3 is 0 Å². The van der Waals surface area contributed by atoms with Gasteiger partial charge in [0.2, 0.25) is 5.16 Å². The number of nitrogens with one attached hydrogen (secondary N) is 1. The molecule has 18 heavy (non-hydrogen) atoms. The molecular weight excluding hydrogens is 248 g/mol. The Morgan fingerprint density at radius 3 is 3.00 bits per heavy atom. The summed E-state index contributed by atoms with van der Waals surface area (Å²) in [5, 5.41) is 16.4. The molecule has 0 radical (unpaired) electrons. The van der Waals surface area contributed by atoms with Crippen molar-refractivity contribution in [3.05, 3.63) is 35.7 Å². The number of hydrogen-bond donors (Lipinski definition) is 1. The minimum atomic E-state index is 0.511. The predicted molar refractivity (Wildman–Crippen MR) is 68.5 cm³/mol. The molecule has 0 spiro atoms. The highest BCUT2D eigenvalue weighted by atomic mass is 32.2. The first-order valence-electron chi connectivity index (χ1n) is 5.43. The first-order valence-corrected chi connectivity index (χ1v) is 6.42. The second-order valence-electron chi connectivity index (χ2n) is 3.51. The monoisotopic (exact) mass is 260 g/mol. The molecule has 0 atom stereocenters. The Morgan fingerprint density at radius 1 is 1.44 bits per heavy atom. The number of hydrogen-bond acceptors (Lipinski definition) is 5. The van der Waals surface area contributed by atoms with Crippen LogP contribution in [0.1, 0.15) is 11.4 Å². The number of thioether (sulfide) groups is 1. The number of aryl methyl sites for hydroxylation is 1. The molecule has 0 saturated carbocycles. The number of aromatic amines is 1. The van der Waals surface area contributed by atoms with Crippen molar-refractivity contribution in [1.82, 2.24) is 15.2 Å². The molecule has 1 aromatic heterocycles. The zero-order valence-electron chi connectivity index (χ0n) is 9.88. The van der Waals surface area contributed by atoms with Gasteiger partial charge in [-0.1, -0.05) is 23.9 Å². The molecular formula is C12H12N4OS. The number of ether oxygens (including phenoxy) is 1. The number of aromatic nitrogens is 3. The van der Waals surface area contributed by atoms with Gasteiger partial charge in [0.25, 0.3) is 0 Å². The van der Waals surface area contributed by atoms with Crippen LogP contribution in [-0.4, -0.2) is 27.5 Å². The van der Waals surface area contributed by atoms with Crippen molar-refractivity contribution in [2.75, 3.05) is 12.4 Å². The van der Waals surface area contributed by atoms with Gasteiger partial charge in [0.05, 0.1) is 12.2 Å². The molecule has 2 aromatic rings. The second-order valence-corrected chi connectivity index (χ2v) is 4.57. The molecule has 1 heterocycles. The van der Waals surface area contributed by atoms with Crippen molar-refractivity contribution in [3.63, 3.8) is 0 Å². The quantitative estimate of drug-likeness (QED) is 0.658. The minimum absolute atomic E-state index is 0.511. The van der Waals surface area contributed by atoms with E-state index >= 15 is 0 Å². The van der Waals surface area contributed by atoms with E-state index in [9.17, 15) is 0 Å². The van der Waals surface area contributed by atoms with Crippen LogP contribution < -0.4 is 4.74 Å². The van der Waals surface area contributed by atoms with Gasteiger partial charge in [-0.05, 0) is 19.1 Å². The van der Waals surface area contributed by atoms with Gasteiger partial charge < -0.3 is 4.74 Å². The van der Waals surface area contributed by atoms with Crippen molar-refractivity contribution in [2.24, 2.45) is 0 Å². The van der Waals surface area contributed by atoms with Crippen LogP contribution in [0, 0.1) is 18.3 Å². The number of nitriles is 1. The first kappa shape index (κ1) is 12.5. The van der Waals surface area contributed by atoms with E-state index in [2.05, 4.69) is 21.3 Å². The normalized spacial score (nSPS) is 10.0. The summed E-state index contributed by atoms with van der Waals surface area (Å²) in [4.78, 5) is 4.18. The molecule has 0 saturated heterocycles. The zero-order valence-corrected chi connectivity index (χ0v) is 10.7. The van der Waals surface area contributed by atoms with E-state index in [0.717, 1.165) is 11.6 Å². The third-order valence-electron chi connectivity index (χ3n) is 2.16. The average molecular weight is 260 g/mol. The molecule has 5 nitrogen and oxygen atoms in total. The molecule has 0 aliphatic rings. The maximum atomic E-state index is 8.90. The van der Waals surface area contributed by atoms with Crippen molar-refractivity contribution in [3.8, 4) is 11.8 Å². The van der Waals surface area contributed by atoms with Crippen LogP contribution in [0.4, 0.5) is 0 Å². The lowest BCUT2D eigenvalue weighted by molar-refractivity contribution is 0.343. The van der Waals surface area contributed by atoms with Gasteiger partial charge in [-0.3, -0.25) is 5.10 Å². The SMILES string of the molecule is Cc1nc(SCCOc2ccccc2C#N)n[nH]1. The standard InChI is InChI=1S/C12H12N4OS/c1-9-14-12(16-15-9)18-7-6-17-11-5-3-2-4-10(11)8-13/h2-5H,6-7H2,1H3,(H,14,15,16). The van der Waals surface area contributed by atoms with Gasteiger partial charge in [-0.15, -0.1) is 5.10 Å². The smallest absolute Gasteiger partial charge is 0.208 e. The number of rotatable bonds is 5. The summed E-state index contributed by atoms with van der Waals surface area (Å²) < 4.78 is 5.55. The molecule has 0 amide bonds. The van der Waals surface area contributed by atoms with E-state index in [4.69, 9.17) is 10.00 Å². The van der Waals surface area contributed by atoms with E-state index in [1.165, 1.54) is 11.8 Å². The fraction of sp³-hybridized carbons (Fsp3) is 0.250. The molecule has 6 heteroatoms. The Kier molecular flexibility index (Phi) is 4.20. The van der Waals surface area contributed by atoms with Gasteiger partial charge in [-0.2, -0.15) is 5.26 Å². The van der Waals surface area contributed by atoms with Crippen molar-refractivity contribution in [1.29, 1.82) is 5.26 Å². The highest BCUT2D eigenvalue weighted by Gasteiger charge is 2.03. The van der Waals surface area contributed by atoms with Crippen molar-refractivity contribution >= 4 is 11.8 Å². The zero-order chi connectivity index (χ0) is 12.8. The maximum absolute atomic E-state index is 8.90. The van der Waals surface area contributed by atoms with E-state index in [0.29, 0.717) is 23.1 Å². The van der Waals surface area contributed by atoms with E-state index < -0.39 is 0 Å². The first-order chi connectivity index (χ1) is 8.79. The van der Waals surface area contributed by atoms with Crippen LogP contribution in [0.25, 0.3) is 0 Å². The Bertz CT molecular complexity index is 561. The summed E-state index contributed by atoms with van der Waals surface area (Å²) in [7, 11) is 0.